The van der Waals surface area contributed by atoms with Gasteiger partial charge in [0.1, 0.15) is 6.04 Å². The average molecular weight is 785 g/mol. The topological polar surface area (TPSA) is 164 Å². The van der Waals surface area contributed by atoms with Crippen LogP contribution in [0.1, 0.15) is 118 Å². The lowest BCUT2D eigenvalue weighted by molar-refractivity contribution is -0.136. The standard InChI is InChI=1S/C44H44N6O6S/c1-4-26-22-29-30(44(2,3)40-38(39(29)53)27-13-12-25(24-45)21-31(27)46-40)23-33(26)48-16-18-49(19-17-48)36(52)11-6-5-7-20-57-34-10-8-9-28-37(34)43(56)50(42(28)55)32-14-15-35(51)47-41(32)54/h8-10,12-13,21-23,32,46H,4-7,11,14-20H2,1-3H3,(H,47,51,54). The summed E-state index contributed by atoms with van der Waals surface area (Å²) in [5.41, 5.74) is 6.89. The molecule has 3 aliphatic heterocycles. The highest BCUT2D eigenvalue weighted by molar-refractivity contribution is 7.99. The van der Waals surface area contributed by atoms with Gasteiger partial charge < -0.3 is 14.8 Å². The molecule has 292 valence electrons. The molecule has 0 saturated carbocycles. The molecule has 57 heavy (non-hydrogen) atoms. The van der Waals surface area contributed by atoms with Crippen molar-refractivity contribution in [3.63, 3.8) is 0 Å². The number of H-pyrrole nitrogens is 1. The maximum Gasteiger partial charge on any atom is 0.263 e. The highest BCUT2D eigenvalue weighted by atomic mass is 32.2. The molecule has 2 N–H and O–H groups in total. The number of ketones is 1. The number of hydrogen-bond acceptors (Lipinski definition) is 9. The summed E-state index contributed by atoms with van der Waals surface area (Å²) in [4.78, 5) is 87.4. The van der Waals surface area contributed by atoms with E-state index in [1.807, 2.05) is 17.0 Å². The molecule has 1 aliphatic carbocycles. The van der Waals surface area contributed by atoms with E-state index < -0.39 is 35.1 Å². The predicted molar refractivity (Wildman–Crippen MR) is 215 cm³/mol. The van der Waals surface area contributed by atoms with Crippen LogP contribution >= 0.6 is 11.8 Å². The van der Waals surface area contributed by atoms with Crippen molar-refractivity contribution in [1.29, 1.82) is 5.26 Å². The number of nitrogens with zero attached hydrogens (tertiary/aromatic N) is 4. The minimum Gasteiger partial charge on any atom is -0.368 e. The Bertz CT molecular complexity index is 2440. The summed E-state index contributed by atoms with van der Waals surface area (Å²) in [5.74, 6) is -1.21. The molecule has 4 aliphatic rings. The Morgan fingerprint density at radius 2 is 1.72 bits per heavy atom. The van der Waals surface area contributed by atoms with Crippen LogP contribution in [0.3, 0.4) is 0 Å². The van der Waals surface area contributed by atoms with Crippen LogP contribution in [0.4, 0.5) is 5.69 Å². The number of carbonyl (C=O) groups excluding carboxylic acids is 6. The van der Waals surface area contributed by atoms with Gasteiger partial charge in [0.25, 0.3) is 11.8 Å². The zero-order valence-electron chi connectivity index (χ0n) is 32.3. The van der Waals surface area contributed by atoms with E-state index in [1.165, 1.54) is 11.8 Å². The van der Waals surface area contributed by atoms with E-state index in [1.54, 1.807) is 24.3 Å². The molecule has 2 fully saturated rings. The molecule has 0 radical (unpaired) electrons. The van der Waals surface area contributed by atoms with Crippen molar-refractivity contribution in [2.75, 3.05) is 36.8 Å². The predicted octanol–water partition coefficient (Wildman–Crippen LogP) is 5.87. The monoisotopic (exact) mass is 784 g/mol. The first-order valence-corrected chi connectivity index (χ1v) is 20.7. The van der Waals surface area contributed by atoms with Crippen LogP contribution in [0.2, 0.25) is 0 Å². The first-order valence-electron chi connectivity index (χ1n) is 19.7. The van der Waals surface area contributed by atoms with E-state index >= 15 is 0 Å². The van der Waals surface area contributed by atoms with Gasteiger partial charge in [0.2, 0.25) is 17.7 Å². The van der Waals surface area contributed by atoms with E-state index in [0.717, 1.165) is 69.6 Å². The number of nitrogens with one attached hydrogen (secondary N) is 2. The highest BCUT2D eigenvalue weighted by Crippen LogP contribution is 2.46. The Balaban J connectivity index is 0.844. The fourth-order valence-corrected chi connectivity index (χ4v) is 9.94. The molecule has 2 saturated heterocycles. The van der Waals surface area contributed by atoms with E-state index in [0.29, 0.717) is 59.9 Å². The Kier molecular flexibility index (Phi) is 10.0. The molecule has 8 rings (SSSR count). The van der Waals surface area contributed by atoms with Crippen molar-refractivity contribution in [2.45, 2.75) is 82.1 Å². The van der Waals surface area contributed by atoms with Crippen LogP contribution in [0.25, 0.3) is 10.9 Å². The molecular formula is C44H44N6O6S. The van der Waals surface area contributed by atoms with Crippen LogP contribution in [-0.2, 0) is 26.2 Å². The van der Waals surface area contributed by atoms with E-state index in [-0.39, 0.29) is 30.1 Å². The van der Waals surface area contributed by atoms with Crippen LogP contribution < -0.4 is 10.2 Å². The van der Waals surface area contributed by atoms with Gasteiger partial charge in [-0.2, -0.15) is 5.26 Å². The van der Waals surface area contributed by atoms with Gasteiger partial charge in [-0.3, -0.25) is 39.0 Å². The summed E-state index contributed by atoms with van der Waals surface area (Å²) < 4.78 is 0. The number of thioether (sulfide) groups is 1. The SMILES string of the molecule is CCc1cc2c(cc1N1CCN(C(=O)CCCCCSc3cccc4c3C(=O)N(C3CCC(=O)NC3=O)C4=O)CC1)C(C)(C)c1[nH]c3cc(C#N)ccc3c1C2=O. The number of aryl methyl sites for hydroxylation is 1. The number of unbranched alkanes of at least 4 members (excludes halogenated alkanes) is 2. The van der Waals surface area contributed by atoms with Gasteiger partial charge in [0, 0.05) is 77.2 Å². The van der Waals surface area contributed by atoms with Gasteiger partial charge in [-0.05, 0) is 79.0 Å². The number of carbonyl (C=O) groups is 6. The first-order chi connectivity index (χ1) is 27.4. The molecule has 1 unspecified atom stereocenters. The molecule has 13 heteroatoms. The van der Waals surface area contributed by atoms with Crippen LogP contribution in [-0.4, -0.2) is 88.1 Å². The second-order valence-electron chi connectivity index (χ2n) is 15.7. The molecule has 1 atom stereocenters. The third-order valence-electron chi connectivity index (χ3n) is 12.0. The van der Waals surface area contributed by atoms with Crippen molar-refractivity contribution >= 4 is 63.7 Å². The van der Waals surface area contributed by atoms with Crippen LogP contribution in [0.15, 0.2) is 53.4 Å². The van der Waals surface area contributed by atoms with Gasteiger partial charge in [-0.1, -0.05) is 39.3 Å². The van der Waals surface area contributed by atoms with Crippen molar-refractivity contribution in [1.82, 2.24) is 20.1 Å². The Morgan fingerprint density at radius 3 is 2.46 bits per heavy atom. The third-order valence-corrected chi connectivity index (χ3v) is 13.1. The number of aromatic nitrogens is 1. The van der Waals surface area contributed by atoms with Gasteiger partial charge in [-0.15, -0.1) is 11.8 Å². The second kappa shape index (κ2) is 15.0. The largest absolute Gasteiger partial charge is 0.368 e. The van der Waals surface area contributed by atoms with E-state index in [9.17, 15) is 34.0 Å². The first kappa shape index (κ1) is 38.1. The molecule has 0 bridgehead atoms. The molecule has 4 aromatic rings. The number of piperidine rings is 1. The fourth-order valence-electron chi connectivity index (χ4n) is 8.85. The number of amides is 5. The number of piperazine rings is 1. The number of imide groups is 2. The number of benzene rings is 3. The smallest absolute Gasteiger partial charge is 0.263 e. The average Bonchev–Trinajstić information content (AvgIpc) is 3.73. The third kappa shape index (κ3) is 6.59. The summed E-state index contributed by atoms with van der Waals surface area (Å²) in [6, 6.07) is 16.0. The number of anilines is 1. The quantitative estimate of drug-likeness (QED) is 0.114. The van der Waals surface area contributed by atoms with Gasteiger partial charge >= 0.3 is 0 Å². The molecule has 3 aromatic carbocycles. The highest BCUT2D eigenvalue weighted by Gasteiger charge is 2.46. The van der Waals surface area contributed by atoms with Crippen LogP contribution in [0, 0.1) is 11.3 Å². The van der Waals surface area contributed by atoms with Crippen molar-refractivity contribution in [3.05, 3.63) is 93.2 Å². The van der Waals surface area contributed by atoms with Crippen molar-refractivity contribution in [3.8, 4) is 6.07 Å². The minimum atomic E-state index is -0.998. The van der Waals surface area contributed by atoms with Gasteiger partial charge in [-0.25, -0.2) is 0 Å². The molecular weight excluding hydrogens is 741 g/mol. The second-order valence-corrected chi connectivity index (χ2v) is 16.9. The van der Waals surface area contributed by atoms with E-state index in [2.05, 4.69) is 54.2 Å². The number of aromatic amines is 1. The molecule has 12 nitrogen and oxygen atoms in total. The maximum absolute atomic E-state index is 14.1. The summed E-state index contributed by atoms with van der Waals surface area (Å²) in [6.45, 7) is 9.00. The fraction of sp³-hybridized carbons (Fsp3) is 0.386. The lowest BCUT2D eigenvalue weighted by Crippen LogP contribution is -2.54. The number of fused-ring (bicyclic) bond motifs is 5. The van der Waals surface area contributed by atoms with Crippen LogP contribution in [0.5, 0.6) is 0 Å². The number of nitriles is 1. The normalized spacial score (nSPS) is 18.7. The summed E-state index contributed by atoms with van der Waals surface area (Å²) in [6.07, 6.45) is 3.82. The Hall–Kier alpha value is -5.74. The molecule has 5 amide bonds. The van der Waals surface area contributed by atoms with Crippen molar-refractivity contribution < 1.29 is 28.8 Å². The zero-order valence-corrected chi connectivity index (χ0v) is 33.1. The Morgan fingerprint density at radius 1 is 0.930 bits per heavy atom. The lowest BCUT2D eigenvalue weighted by Gasteiger charge is -2.39. The minimum absolute atomic E-state index is 0.000854. The number of rotatable bonds is 10. The molecule has 0 spiro atoms. The van der Waals surface area contributed by atoms with E-state index in [4.69, 9.17) is 0 Å². The Labute approximate surface area is 334 Å². The van der Waals surface area contributed by atoms with Crippen molar-refractivity contribution in [2.24, 2.45) is 0 Å². The summed E-state index contributed by atoms with van der Waals surface area (Å²) >= 11 is 1.49. The molecule has 1 aromatic heterocycles. The zero-order chi connectivity index (χ0) is 40.2. The molecule has 4 heterocycles. The van der Waals surface area contributed by atoms with Gasteiger partial charge in [0.15, 0.2) is 5.78 Å². The van der Waals surface area contributed by atoms with Gasteiger partial charge in [0.05, 0.1) is 28.3 Å². The summed E-state index contributed by atoms with van der Waals surface area (Å²) in [5, 5.41) is 12.5. The summed E-state index contributed by atoms with van der Waals surface area (Å²) in [7, 11) is 0. The number of hydrogen-bond donors (Lipinski definition) is 2. The maximum atomic E-state index is 14.1. The lowest BCUT2D eigenvalue weighted by atomic mass is 9.70.